The molecule has 0 atom stereocenters. The smallest absolute Gasteiger partial charge is 0.255 e. The summed E-state index contributed by atoms with van der Waals surface area (Å²) in [6.07, 6.45) is 3.15. The first-order valence-electron chi connectivity index (χ1n) is 4.93. The number of ether oxygens (including phenoxy) is 1. The van der Waals surface area contributed by atoms with E-state index < -0.39 is 0 Å². The highest BCUT2D eigenvalue weighted by molar-refractivity contribution is 7.98. The summed E-state index contributed by atoms with van der Waals surface area (Å²) in [4.78, 5) is 4.01. The fourth-order valence-corrected chi connectivity index (χ4v) is 2.09. The van der Waals surface area contributed by atoms with Crippen LogP contribution in [-0.4, -0.2) is 12.1 Å². The molecule has 0 saturated carbocycles. The summed E-state index contributed by atoms with van der Waals surface area (Å²) < 4.78 is 10.2. The van der Waals surface area contributed by atoms with Crippen LogP contribution in [0.5, 0.6) is 5.75 Å². The molecule has 4 nitrogen and oxygen atoms in total. The number of methoxy groups -OCH3 is 1. The van der Waals surface area contributed by atoms with Gasteiger partial charge in [-0.25, -0.2) is 4.98 Å². The monoisotopic (exact) mass is 246 g/mol. The van der Waals surface area contributed by atoms with E-state index in [9.17, 15) is 0 Å². The van der Waals surface area contributed by atoms with Crippen molar-refractivity contribution in [1.82, 2.24) is 4.98 Å². The number of rotatable bonds is 4. The summed E-state index contributed by atoms with van der Waals surface area (Å²) in [7, 11) is 1.55. The highest BCUT2D eigenvalue weighted by Crippen LogP contribution is 2.24. The van der Waals surface area contributed by atoms with E-state index in [0.717, 1.165) is 5.56 Å². The van der Waals surface area contributed by atoms with E-state index in [2.05, 4.69) is 11.1 Å². The van der Waals surface area contributed by atoms with Crippen molar-refractivity contribution in [3.63, 3.8) is 0 Å². The van der Waals surface area contributed by atoms with Crippen LogP contribution in [0.25, 0.3) is 0 Å². The summed E-state index contributed by atoms with van der Waals surface area (Å²) in [6, 6.07) is 7.64. The fraction of sp³-hybridized carbons (Fsp3) is 0.167. The van der Waals surface area contributed by atoms with E-state index in [-0.39, 0.29) is 0 Å². The first kappa shape index (κ1) is 11.6. The summed E-state index contributed by atoms with van der Waals surface area (Å²) >= 11 is 1.48. The van der Waals surface area contributed by atoms with Crippen molar-refractivity contribution in [3.05, 3.63) is 41.8 Å². The minimum absolute atomic E-state index is 0.540. The van der Waals surface area contributed by atoms with Gasteiger partial charge in [0.1, 0.15) is 18.1 Å². The Labute approximate surface area is 103 Å². The van der Waals surface area contributed by atoms with E-state index in [0.29, 0.717) is 22.3 Å². The minimum atomic E-state index is 0.540. The maximum Gasteiger partial charge on any atom is 0.255 e. The molecule has 1 heterocycles. The largest absolute Gasteiger partial charge is 0.495 e. The van der Waals surface area contributed by atoms with Crippen LogP contribution in [0, 0.1) is 11.3 Å². The lowest BCUT2D eigenvalue weighted by atomic mass is 10.1. The predicted molar refractivity (Wildman–Crippen MR) is 63.8 cm³/mol. The summed E-state index contributed by atoms with van der Waals surface area (Å²) in [5, 5.41) is 9.58. The summed E-state index contributed by atoms with van der Waals surface area (Å²) in [5.74, 6) is 1.30. The van der Waals surface area contributed by atoms with Crippen molar-refractivity contribution >= 4 is 11.8 Å². The molecule has 0 radical (unpaired) electrons. The van der Waals surface area contributed by atoms with Crippen LogP contribution in [-0.2, 0) is 5.75 Å². The fourth-order valence-electron chi connectivity index (χ4n) is 1.36. The van der Waals surface area contributed by atoms with E-state index in [1.54, 1.807) is 19.4 Å². The number of thioether (sulfide) groups is 1. The molecule has 5 heteroatoms. The van der Waals surface area contributed by atoms with Crippen molar-refractivity contribution in [2.24, 2.45) is 0 Å². The van der Waals surface area contributed by atoms with Gasteiger partial charge in [-0.15, -0.1) is 0 Å². The van der Waals surface area contributed by atoms with E-state index in [4.69, 9.17) is 14.4 Å². The van der Waals surface area contributed by atoms with Crippen LogP contribution in [0.4, 0.5) is 0 Å². The predicted octanol–water partition coefficient (Wildman–Crippen LogP) is 2.85. The topological polar surface area (TPSA) is 59.1 Å². The van der Waals surface area contributed by atoms with Crippen molar-refractivity contribution in [2.45, 2.75) is 11.0 Å². The maximum atomic E-state index is 8.96. The van der Waals surface area contributed by atoms with Gasteiger partial charge in [-0.2, -0.15) is 5.26 Å². The number of aromatic nitrogens is 1. The lowest BCUT2D eigenvalue weighted by Crippen LogP contribution is -1.90. The molecule has 0 fully saturated rings. The van der Waals surface area contributed by atoms with Crippen LogP contribution in [0.15, 0.2) is 40.3 Å². The Morgan fingerprint density at radius 3 is 3.06 bits per heavy atom. The lowest BCUT2D eigenvalue weighted by Gasteiger charge is -2.04. The third-order valence-corrected chi connectivity index (χ3v) is 3.08. The van der Waals surface area contributed by atoms with Crippen molar-refractivity contribution in [1.29, 1.82) is 5.26 Å². The van der Waals surface area contributed by atoms with Gasteiger partial charge in [-0.1, -0.05) is 17.8 Å². The normalized spacial score (nSPS) is 9.88. The molecule has 17 heavy (non-hydrogen) atoms. The Morgan fingerprint density at radius 2 is 2.41 bits per heavy atom. The Morgan fingerprint density at radius 1 is 1.53 bits per heavy atom. The zero-order chi connectivity index (χ0) is 12.1. The highest BCUT2D eigenvalue weighted by Gasteiger charge is 2.05. The second-order valence-electron chi connectivity index (χ2n) is 3.23. The number of benzene rings is 1. The van der Waals surface area contributed by atoms with Gasteiger partial charge in [-0.05, 0) is 17.7 Å². The van der Waals surface area contributed by atoms with Crippen LogP contribution < -0.4 is 4.74 Å². The molecular weight excluding hydrogens is 236 g/mol. The molecule has 2 rings (SSSR count). The average Bonchev–Trinajstić information content (AvgIpc) is 2.89. The van der Waals surface area contributed by atoms with Crippen molar-refractivity contribution in [2.75, 3.05) is 7.11 Å². The van der Waals surface area contributed by atoms with Gasteiger partial charge in [0.05, 0.1) is 18.9 Å². The number of oxazole rings is 1. The SMILES string of the molecule is COc1ccc(CSc2ncco2)cc1C#N. The van der Waals surface area contributed by atoms with Gasteiger partial charge in [0.15, 0.2) is 0 Å². The molecule has 0 N–H and O–H groups in total. The third-order valence-electron chi connectivity index (χ3n) is 2.16. The Bertz CT molecular complexity index is 532. The quantitative estimate of drug-likeness (QED) is 0.776. The van der Waals surface area contributed by atoms with Crippen LogP contribution in [0.3, 0.4) is 0 Å². The number of hydrogen-bond donors (Lipinski definition) is 0. The van der Waals surface area contributed by atoms with Gasteiger partial charge in [0, 0.05) is 5.75 Å². The molecule has 0 aliphatic rings. The maximum absolute atomic E-state index is 8.96. The van der Waals surface area contributed by atoms with E-state index in [1.807, 2.05) is 12.1 Å². The van der Waals surface area contributed by atoms with E-state index >= 15 is 0 Å². The highest BCUT2D eigenvalue weighted by atomic mass is 32.2. The van der Waals surface area contributed by atoms with Crippen molar-refractivity contribution < 1.29 is 9.15 Å². The first-order chi connectivity index (χ1) is 8.33. The van der Waals surface area contributed by atoms with Gasteiger partial charge >= 0.3 is 0 Å². The minimum Gasteiger partial charge on any atom is -0.495 e. The molecule has 1 aromatic heterocycles. The second-order valence-corrected chi connectivity index (χ2v) is 4.16. The number of hydrogen-bond acceptors (Lipinski definition) is 5. The summed E-state index contributed by atoms with van der Waals surface area (Å²) in [6.45, 7) is 0. The summed E-state index contributed by atoms with van der Waals surface area (Å²) in [5.41, 5.74) is 1.57. The van der Waals surface area contributed by atoms with Gasteiger partial charge in [0.2, 0.25) is 0 Å². The van der Waals surface area contributed by atoms with E-state index in [1.165, 1.54) is 18.0 Å². The van der Waals surface area contributed by atoms with Gasteiger partial charge in [-0.3, -0.25) is 0 Å². The molecule has 1 aromatic carbocycles. The van der Waals surface area contributed by atoms with Crippen LogP contribution >= 0.6 is 11.8 Å². The average molecular weight is 246 g/mol. The zero-order valence-electron chi connectivity index (χ0n) is 9.21. The molecule has 0 amide bonds. The van der Waals surface area contributed by atoms with Gasteiger partial charge in [0.25, 0.3) is 5.22 Å². The molecule has 0 bridgehead atoms. The molecule has 2 aromatic rings. The van der Waals surface area contributed by atoms with Gasteiger partial charge < -0.3 is 9.15 Å². The lowest BCUT2D eigenvalue weighted by molar-refractivity contribution is 0.413. The standard InChI is InChI=1S/C12H10N2O2S/c1-15-11-3-2-9(6-10(11)7-13)8-17-12-14-4-5-16-12/h2-6H,8H2,1H3. The molecule has 0 unspecified atom stereocenters. The molecular formula is C12H10N2O2S. The van der Waals surface area contributed by atoms with Crippen LogP contribution in [0.1, 0.15) is 11.1 Å². The molecule has 0 aliphatic carbocycles. The first-order valence-corrected chi connectivity index (χ1v) is 5.91. The Kier molecular flexibility index (Phi) is 3.68. The number of nitriles is 1. The molecule has 86 valence electrons. The Hall–Kier alpha value is -1.93. The molecule has 0 spiro atoms. The molecule has 0 aliphatic heterocycles. The van der Waals surface area contributed by atoms with Crippen LogP contribution in [0.2, 0.25) is 0 Å². The Balaban J connectivity index is 2.09. The third kappa shape index (κ3) is 2.80. The van der Waals surface area contributed by atoms with Crippen molar-refractivity contribution in [3.8, 4) is 11.8 Å². The number of nitrogens with zero attached hydrogens (tertiary/aromatic N) is 2. The second kappa shape index (κ2) is 5.41. The zero-order valence-corrected chi connectivity index (χ0v) is 10.0. The molecule has 0 saturated heterocycles.